The number of carbonyl (C=O) groups is 4. The van der Waals surface area contributed by atoms with Gasteiger partial charge in [-0.3, -0.25) is 9.59 Å². The lowest BCUT2D eigenvalue weighted by Crippen LogP contribution is -2.56. The number of pyridine rings is 1. The van der Waals surface area contributed by atoms with Crippen LogP contribution >= 0.6 is 0 Å². The highest BCUT2D eigenvalue weighted by molar-refractivity contribution is 5.97. The van der Waals surface area contributed by atoms with E-state index < -0.39 is 24.0 Å². The topological polar surface area (TPSA) is 138 Å². The minimum absolute atomic E-state index is 0.127. The van der Waals surface area contributed by atoms with Gasteiger partial charge in [0.2, 0.25) is 5.91 Å². The third-order valence-electron chi connectivity index (χ3n) is 8.24. The number of methoxy groups -OCH3 is 1. The first-order valence-corrected chi connectivity index (χ1v) is 15.2. The van der Waals surface area contributed by atoms with Gasteiger partial charge < -0.3 is 29.7 Å². The van der Waals surface area contributed by atoms with Gasteiger partial charge in [0, 0.05) is 51.9 Å². The number of nitrogens with one attached hydrogen (secondary N) is 1. The number of carbonyl (C=O) groups excluding carboxylic acids is 3. The number of hydrogen-bond acceptors (Lipinski definition) is 7. The number of benzene rings is 2. The summed E-state index contributed by atoms with van der Waals surface area (Å²) in [5.41, 5.74) is 3.57. The number of aromatic carboxylic acids is 1. The fraction of sp³-hybridized carbons (Fsp3) is 0.382. The number of nitrogens with zero attached hydrogens (tertiary/aromatic N) is 3. The van der Waals surface area contributed by atoms with Crippen LogP contribution in [0.3, 0.4) is 0 Å². The van der Waals surface area contributed by atoms with Gasteiger partial charge in [-0.2, -0.15) is 0 Å². The first-order valence-electron chi connectivity index (χ1n) is 15.2. The van der Waals surface area contributed by atoms with E-state index in [2.05, 4.69) is 5.32 Å². The molecule has 1 aromatic heterocycles. The minimum atomic E-state index is -1.05. The van der Waals surface area contributed by atoms with Crippen molar-refractivity contribution in [2.24, 2.45) is 5.92 Å². The molecule has 2 aromatic carbocycles. The zero-order valence-corrected chi connectivity index (χ0v) is 25.5. The zero-order valence-electron chi connectivity index (χ0n) is 25.5. The predicted molar refractivity (Wildman–Crippen MR) is 166 cm³/mol. The maximum absolute atomic E-state index is 13.9. The van der Waals surface area contributed by atoms with Crippen LogP contribution in [0, 0.1) is 5.92 Å². The number of ether oxygens (including phenoxy) is 2. The monoisotopic (exact) mass is 614 g/mol. The van der Waals surface area contributed by atoms with Crippen molar-refractivity contribution in [2.75, 3.05) is 46.5 Å². The Morgan fingerprint density at radius 2 is 1.67 bits per heavy atom. The fourth-order valence-corrected chi connectivity index (χ4v) is 5.69. The van der Waals surface area contributed by atoms with Crippen LogP contribution in [0.4, 0.5) is 4.79 Å². The van der Waals surface area contributed by atoms with Gasteiger partial charge in [0.05, 0.1) is 17.9 Å². The van der Waals surface area contributed by atoms with Crippen molar-refractivity contribution in [3.8, 4) is 11.3 Å². The molecular weight excluding hydrogens is 576 g/mol. The number of piperazine rings is 1. The van der Waals surface area contributed by atoms with Crippen LogP contribution in [-0.4, -0.2) is 96.3 Å². The summed E-state index contributed by atoms with van der Waals surface area (Å²) in [4.78, 5) is 59.2. The van der Waals surface area contributed by atoms with E-state index in [1.165, 1.54) is 12.1 Å². The smallest absolute Gasteiger partial charge is 0.409 e. The summed E-state index contributed by atoms with van der Waals surface area (Å²) in [6.45, 7) is 3.84. The van der Waals surface area contributed by atoms with Gasteiger partial charge in [-0.15, -0.1) is 0 Å². The van der Waals surface area contributed by atoms with E-state index in [0.717, 1.165) is 17.5 Å². The number of hydrogen-bond donors (Lipinski definition) is 2. The average Bonchev–Trinajstić information content (AvgIpc) is 3.84. The van der Waals surface area contributed by atoms with Gasteiger partial charge in [-0.1, -0.05) is 42.5 Å². The number of carboxylic acids is 1. The molecule has 1 aliphatic carbocycles. The van der Waals surface area contributed by atoms with Gasteiger partial charge in [0.1, 0.15) is 11.7 Å². The maximum atomic E-state index is 13.9. The molecule has 3 amide bonds. The minimum Gasteiger partial charge on any atom is -0.478 e. The molecular formula is C34H38N4O7. The fourth-order valence-electron chi connectivity index (χ4n) is 5.69. The molecule has 1 saturated heterocycles. The Labute approximate surface area is 262 Å². The lowest BCUT2D eigenvalue weighted by Gasteiger charge is -2.36. The lowest BCUT2D eigenvalue weighted by atomic mass is 10.0. The molecule has 11 nitrogen and oxygen atoms in total. The van der Waals surface area contributed by atoms with E-state index in [0.29, 0.717) is 36.9 Å². The van der Waals surface area contributed by atoms with Crippen LogP contribution in [-0.2, 0) is 20.7 Å². The summed E-state index contributed by atoms with van der Waals surface area (Å²) < 4.78 is 10.5. The number of amides is 3. The zero-order chi connectivity index (χ0) is 31.9. The van der Waals surface area contributed by atoms with Crippen LogP contribution in [0.2, 0.25) is 0 Å². The van der Waals surface area contributed by atoms with E-state index in [1.54, 1.807) is 42.0 Å². The van der Waals surface area contributed by atoms with Gasteiger partial charge in [0.25, 0.3) is 5.91 Å². The van der Waals surface area contributed by atoms with Crippen molar-refractivity contribution < 1.29 is 33.8 Å². The molecule has 3 aromatic rings. The van der Waals surface area contributed by atoms with Crippen molar-refractivity contribution in [3.05, 3.63) is 89.1 Å². The van der Waals surface area contributed by atoms with E-state index >= 15 is 0 Å². The molecule has 236 valence electrons. The molecule has 3 atom stereocenters. The quantitative estimate of drug-likeness (QED) is 0.332. The number of rotatable bonds is 11. The molecule has 1 aliphatic heterocycles. The van der Waals surface area contributed by atoms with Crippen molar-refractivity contribution in [1.82, 2.24) is 20.1 Å². The Kier molecular flexibility index (Phi) is 10.1. The van der Waals surface area contributed by atoms with Crippen LogP contribution in [0.5, 0.6) is 0 Å². The normalized spacial score (nSPS) is 18.2. The molecule has 2 heterocycles. The first-order chi connectivity index (χ1) is 21.8. The highest BCUT2D eigenvalue weighted by atomic mass is 16.6. The van der Waals surface area contributed by atoms with Crippen molar-refractivity contribution >= 4 is 23.9 Å². The van der Waals surface area contributed by atoms with E-state index in [1.807, 2.05) is 36.4 Å². The van der Waals surface area contributed by atoms with E-state index in [-0.39, 0.29) is 49.2 Å². The Morgan fingerprint density at radius 3 is 2.31 bits per heavy atom. The Bertz CT molecular complexity index is 1520. The summed E-state index contributed by atoms with van der Waals surface area (Å²) in [5, 5.41) is 12.2. The second-order valence-corrected chi connectivity index (χ2v) is 11.3. The van der Waals surface area contributed by atoms with Crippen LogP contribution < -0.4 is 5.32 Å². The third-order valence-corrected chi connectivity index (χ3v) is 8.24. The molecule has 2 N–H and O–H groups in total. The molecule has 11 heteroatoms. The highest BCUT2D eigenvalue weighted by Crippen LogP contribution is 2.48. The largest absolute Gasteiger partial charge is 0.478 e. The van der Waals surface area contributed by atoms with E-state index in [9.17, 15) is 24.3 Å². The Hall–Kier alpha value is -4.77. The van der Waals surface area contributed by atoms with Crippen LogP contribution in [0.1, 0.15) is 51.2 Å². The lowest BCUT2D eigenvalue weighted by molar-refractivity contribution is -0.134. The molecule has 2 aliphatic rings. The highest BCUT2D eigenvalue weighted by Gasteiger charge is 2.39. The van der Waals surface area contributed by atoms with Gasteiger partial charge in [-0.05, 0) is 60.6 Å². The molecule has 0 bridgehead atoms. The SMILES string of the molecule is CCOC(=O)N1CCN(C(=O)C(Cc2ccc(C(=O)O)cc2)NC(=O)c2cc(C3CC3COC)cc(-c3ccccc3)n2)CC1. The Balaban J connectivity index is 1.40. The van der Waals surface area contributed by atoms with E-state index in [4.69, 9.17) is 14.5 Å². The molecule has 0 radical (unpaired) electrons. The molecule has 1 saturated carbocycles. The van der Waals surface area contributed by atoms with Gasteiger partial charge in [0.15, 0.2) is 0 Å². The molecule has 45 heavy (non-hydrogen) atoms. The van der Waals surface area contributed by atoms with Gasteiger partial charge in [-0.25, -0.2) is 14.6 Å². The molecule has 3 unspecified atom stereocenters. The standard InChI is InChI=1S/C34H38N4O7/c1-3-45-34(43)38-15-13-37(14-16-38)32(40)30(17-22-9-11-24(12-10-22)33(41)42)36-31(39)29-20-25(27-18-26(27)21-44-2)19-28(35-29)23-7-5-4-6-8-23/h4-12,19-20,26-27,30H,3,13-18,21H2,1-2H3,(H,36,39)(H,41,42). The van der Waals surface area contributed by atoms with Crippen LogP contribution in [0.15, 0.2) is 66.7 Å². The first kappa shape index (κ1) is 31.6. The summed E-state index contributed by atoms with van der Waals surface area (Å²) in [5.74, 6) is -1.21. The molecule has 2 fully saturated rings. The molecule has 0 spiro atoms. The van der Waals surface area contributed by atoms with Gasteiger partial charge >= 0.3 is 12.1 Å². The third kappa shape index (κ3) is 7.85. The van der Waals surface area contributed by atoms with Crippen molar-refractivity contribution in [2.45, 2.75) is 31.7 Å². The second-order valence-electron chi connectivity index (χ2n) is 11.3. The Morgan fingerprint density at radius 1 is 0.978 bits per heavy atom. The summed E-state index contributed by atoms with van der Waals surface area (Å²) in [6.07, 6.45) is 0.682. The number of aromatic nitrogens is 1. The van der Waals surface area contributed by atoms with Crippen molar-refractivity contribution in [3.63, 3.8) is 0 Å². The summed E-state index contributed by atoms with van der Waals surface area (Å²) >= 11 is 0. The summed E-state index contributed by atoms with van der Waals surface area (Å²) in [7, 11) is 1.68. The number of carboxylic acid groups (broad SMARTS) is 1. The average molecular weight is 615 g/mol. The predicted octanol–water partition coefficient (Wildman–Crippen LogP) is 3.84. The molecule has 5 rings (SSSR count). The van der Waals surface area contributed by atoms with Crippen molar-refractivity contribution in [1.29, 1.82) is 0 Å². The van der Waals surface area contributed by atoms with Crippen LogP contribution in [0.25, 0.3) is 11.3 Å². The summed E-state index contributed by atoms with van der Waals surface area (Å²) in [6, 6.07) is 18.7. The maximum Gasteiger partial charge on any atom is 0.409 e. The second kappa shape index (κ2) is 14.3.